The second kappa shape index (κ2) is 7.02. The summed E-state index contributed by atoms with van der Waals surface area (Å²) in [5, 5.41) is 31.2. The molecule has 0 spiro atoms. The Morgan fingerprint density at radius 2 is 1.83 bits per heavy atom. The van der Waals surface area contributed by atoms with Crippen molar-refractivity contribution in [2.75, 3.05) is 0 Å². The quantitative estimate of drug-likeness (QED) is 0.463. The monoisotopic (exact) mass is 395 g/mol. The molecular weight excluding hydrogens is 382 g/mol. The minimum absolute atomic E-state index is 0.221. The van der Waals surface area contributed by atoms with Crippen LogP contribution < -0.4 is 0 Å². The van der Waals surface area contributed by atoms with Crippen LogP contribution in [0.4, 0.5) is 11.5 Å². The smallest absolute Gasteiger partial charge is 0.252 e. The van der Waals surface area contributed by atoms with E-state index in [2.05, 4.69) is 46.5 Å². The van der Waals surface area contributed by atoms with Gasteiger partial charge in [-0.2, -0.15) is 15.0 Å². The third kappa shape index (κ3) is 2.89. The molecule has 0 saturated carbocycles. The number of aromatic nitrogens is 8. The lowest BCUT2D eigenvalue weighted by Crippen LogP contribution is -2.01. The summed E-state index contributed by atoms with van der Waals surface area (Å²) >= 11 is 0. The Morgan fingerprint density at radius 3 is 2.60 bits per heavy atom. The SMILES string of the molecule is Cc1nn2nc(-c3ccccc3)c(/N=N/c3c(C#N)cnn3-c3ncccn3)c2[nH]1. The highest BCUT2D eigenvalue weighted by atomic mass is 15.5. The highest BCUT2D eigenvalue weighted by Gasteiger charge is 2.19. The number of rotatable bonds is 4. The molecule has 0 bridgehead atoms. The van der Waals surface area contributed by atoms with E-state index >= 15 is 0 Å². The fourth-order valence-electron chi connectivity index (χ4n) is 2.97. The van der Waals surface area contributed by atoms with Gasteiger partial charge in [-0.05, 0) is 13.0 Å². The molecule has 5 aromatic rings. The summed E-state index contributed by atoms with van der Waals surface area (Å²) in [6.07, 6.45) is 4.56. The topological polar surface area (TPSA) is 138 Å². The molecule has 0 aliphatic heterocycles. The van der Waals surface area contributed by atoms with Gasteiger partial charge in [0.2, 0.25) is 0 Å². The molecule has 0 atom stereocenters. The molecule has 11 heteroatoms. The van der Waals surface area contributed by atoms with E-state index in [1.54, 1.807) is 18.5 Å². The summed E-state index contributed by atoms with van der Waals surface area (Å²) in [5.41, 5.74) is 2.81. The standard InChI is InChI=1S/C19H13N11/c1-12-24-18-16(15(28-30(18)27-12)13-6-3-2-4-7-13)25-26-17-14(10-20)11-23-29(17)19-21-8-5-9-22-19/h2-9,11H,1H3,(H,24,27)/b26-25+. The molecule has 144 valence electrons. The molecule has 4 aromatic heterocycles. The number of nitrogens with zero attached hydrogens (tertiary/aromatic N) is 10. The number of aromatic amines is 1. The predicted molar refractivity (Wildman–Crippen MR) is 106 cm³/mol. The van der Waals surface area contributed by atoms with Crippen LogP contribution in [0.15, 0.2) is 65.2 Å². The molecule has 0 amide bonds. The Hall–Kier alpha value is -4.72. The normalized spacial score (nSPS) is 11.3. The summed E-state index contributed by atoms with van der Waals surface area (Å²) < 4.78 is 2.85. The fraction of sp³-hybridized carbons (Fsp3) is 0.0526. The molecule has 0 fully saturated rings. The average Bonchev–Trinajstić information content (AvgIpc) is 3.45. The molecule has 1 aromatic carbocycles. The van der Waals surface area contributed by atoms with E-state index in [1.807, 2.05) is 37.3 Å². The second-order valence-electron chi connectivity index (χ2n) is 6.27. The van der Waals surface area contributed by atoms with Gasteiger partial charge >= 0.3 is 0 Å². The summed E-state index contributed by atoms with van der Waals surface area (Å²) in [6, 6.07) is 13.4. The van der Waals surface area contributed by atoms with Crippen LogP contribution in [-0.4, -0.2) is 39.6 Å². The van der Waals surface area contributed by atoms with E-state index in [0.29, 0.717) is 22.9 Å². The van der Waals surface area contributed by atoms with Crippen LogP contribution in [-0.2, 0) is 0 Å². The first-order valence-electron chi connectivity index (χ1n) is 8.93. The third-order valence-corrected chi connectivity index (χ3v) is 4.29. The van der Waals surface area contributed by atoms with Crippen molar-refractivity contribution in [2.45, 2.75) is 6.92 Å². The van der Waals surface area contributed by atoms with Crippen molar-refractivity contribution in [1.82, 2.24) is 39.6 Å². The van der Waals surface area contributed by atoms with Crippen molar-refractivity contribution < 1.29 is 0 Å². The number of nitriles is 1. The van der Waals surface area contributed by atoms with Crippen LogP contribution in [0, 0.1) is 18.3 Å². The number of azo groups is 1. The average molecular weight is 395 g/mol. The maximum Gasteiger partial charge on any atom is 0.252 e. The van der Waals surface area contributed by atoms with E-state index in [0.717, 1.165) is 5.56 Å². The Morgan fingerprint density at radius 1 is 1.03 bits per heavy atom. The fourth-order valence-corrected chi connectivity index (χ4v) is 2.97. The van der Waals surface area contributed by atoms with E-state index in [1.165, 1.54) is 15.5 Å². The molecule has 11 nitrogen and oxygen atoms in total. The molecule has 4 heterocycles. The molecule has 5 rings (SSSR count). The number of aryl methyl sites for hydroxylation is 1. The minimum atomic E-state index is 0.221. The van der Waals surface area contributed by atoms with E-state index < -0.39 is 0 Å². The van der Waals surface area contributed by atoms with Crippen molar-refractivity contribution in [3.8, 4) is 23.3 Å². The van der Waals surface area contributed by atoms with Gasteiger partial charge in [0.1, 0.15) is 23.2 Å². The zero-order valence-electron chi connectivity index (χ0n) is 15.7. The number of benzene rings is 1. The van der Waals surface area contributed by atoms with Gasteiger partial charge in [0.15, 0.2) is 17.2 Å². The van der Waals surface area contributed by atoms with E-state index in [9.17, 15) is 5.26 Å². The highest BCUT2D eigenvalue weighted by Crippen LogP contribution is 2.34. The van der Waals surface area contributed by atoms with E-state index in [4.69, 9.17) is 0 Å². The largest absolute Gasteiger partial charge is 0.324 e. The maximum atomic E-state index is 9.47. The summed E-state index contributed by atoms with van der Waals surface area (Å²) in [7, 11) is 0. The van der Waals surface area contributed by atoms with Crippen molar-refractivity contribution in [2.24, 2.45) is 10.2 Å². The molecule has 0 radical (unpaired) electrons. The Labute approximate surface area is 169 Å². The van der Waals surface area contributed by atoms with Gasteiger partial charge in [-0.3, -0.25) is 0 Å². The van der Waals surface area contributed by atoms with Crippen LogP contribution in [0.25, 0.3) is 22.9 Å². The molecule has 30 heavy (non-hydrogen) atoms. The van der Waals surface area contributed by atoms with Crippen molar-refractivity contribution in [3.05, 3.63) is 66.4 Å². The van der Waals surface area contributed by atoms with Crippen molar-refractivity contribution in [3.63, 3.8) is 0 Å². The van der Waals surface area contributed by atoms with Gasteiger partial charge < -0.3 is 4.98 Å². The van der Waals surface area contributed by atoms with Crippen LogP contribution in [0.5, 0.6) is 0 Å². The summed E-state index contributed by atoms with van der Waals surface area (Å²) in [4.78, 5) is 11.5. The molecular formula is C19H13N11. The molecule has 1 N–H and O–H groups in total. The van der Waals surface area contributed by atoms with Gasteiger partial charge in [-0.25, -0.2) is 9.97 Å². The van der Waals surface area contributed by atoms with Gasteiger partial charge in [0.05, 0.1) is 6.20 Å². The summed E-state index contributed by atoms with van der Waals surface area (Å²) in [5.74, 6) is 1.20. The predicted octanol–water partition coefficient (Wildman–Crippen LogP) is 3.30. The van der Waals surface area contributed by atoms with Crippen molar-refractivity contribution in [1.29, 1.82) is 5.26 Å². The highest BCUT2D eigenvalue weighted by molar-refractivity contribution is 5.82. The number of H-pyrrole nitrogens is 1. The minimum Gasteiger partial charge on any atom is -0.324 e. The molecule has 0 aliphatic rings. The Kier molecular flexibility index (Phi) is 4.07. The first-order valence-corrected chi connectivity index (χ1v) is 8.93. The first kappa shape index (κ1) is 17.4. The van der Waals surface area contributed by atoms with Crippen LogP contribution in [0.3, 0.4) is 0 Å². The zero-order valence-corrected chi connectivity index (χ0v) is 15.7. The van der Waals surface area contributed by atoms with Gasteiger partial charge in [0.25, 0.3) is 5.95 Å². The molecule has 0 saturated heterocycles. The lowest BCUT2D eigenvalue weighted by molar-refractivity contribution is 0.803. The summed E-state index contributed by atoms with van der Waals surface area (Å²) in [6.45, 7) is 1.83. The number of hydrogen-bond acceptors (Lipinski definition) is 8. The van der Waals surface area contributed by atoms with Crippen LogP contribution in [0.1, 0.15) is 11.4 Å². The zero-order chi connectivity index (χ0) is 20.5. The third-order valence-electron chi connectivity index (χ3n) is 4.29. The van der Waals surface area contributed by atoms with Gasteiger partial charge in [0, 0.05) is 18.0 Å². The second-order valence-corrected chi connectivity index (χ2v) is 6.27. The van der Waals surface area contributed by atoms with Crippen LogP contribution in [0.2, 0.25) is 0 Å². The lowest BCUT2D eigenvalue weighted by atomic mass is 10.1. The number of hydrogen-bond donors (Lipinski definition) is 1. The number of fused-ring (bicyclic) bond motifs is 1. The van der Waals surface area contributed by atoms with Crippen LogP contribution >= 0.6 is 0 Å². The van der Waals surface area contributed by atoms with Gasteiger partial charge in [-0.15, -0.1) is 25.1 Å². The maximum absolute atomic E-state index is 9.47. The van der Waals surface area contributed by atoms with Crippen molar-refractivity contribution >= 4 is 17.2 Å². The molecule has 0 aliphatic carbocycles. The Balaban J connectivity index is 1.67. The number of nitrogens with one attached hydrogen (secondary N) is 1. The Bertz CT molecular complexity index is 1400. The van der Waals surface area contributed by atoms with Gasteiger partial charge in [-0.1, -0.05) is 30.3 Å². The first-order chi connectivity index (χ1) is 14.7. The lowest BCUT2D eigenvalue weighted by Gasteiger charge is -2.01. The van der Waals surface area contributed by atoms with E-state index in [-0.39, 0.29) is 17.3 Å². The molecule has 0 unspecified atom stereocenters.